The van der Waals surface area contributed by atoms with Crippen LogP contribution in [0.1, 0.15) is 20.3 Å². The summed E-state index contributed by atoms with van der Waals surface area (Å²) >= 11 is 0. The molecule has 0 aromatic carbocycles. The van der Waals surface area contributed by atoms with Crippen LogP contribution in [-0.4, -0.2) is 31.9 Å². The Kier molecular flexibility index (Phi) is 5.11. The molecule has 0 saturated heterocycles. The summed E-state index contributed by atoms with van der Waals surface area (Å²) in [6.07, 6.45) is -5.04. The first kappa shape index (κ1) is 13.9. The third-order valence-corrected chi connectivity index (χ3v) is 6.22. The fourth-order valence-electron chi connectivity index (χ4n) is 1.12. The molecule has 2 unspecified atom stereocenters. The second-order valence-electron chi connectivity index (χ2n) is 3.54. The highest BCUT2D eigenvalue weighted by molar-refractivity contribution is 6.73. The first-order valence-electron chi connectivity index (χ1n) is 4.60. The molecule has 0 saturated carbocycles. The summed E-state index contributed by atoms with van der Waals surface area (Å²) in [5.41, 5.74) is -0.773. The van der Waals surface area contributed by atoms with E-state index >= 15 is 0 Å². The Hall–Kier alpha value is -0.0731. The van der Waals surface area contributed by atoms with Crippen molar-refractivity contribution in [2.24, 2.45) is 0 Å². The van der Waals surface area contributed by atoms with Gasteiger partial charge in [-0.1, -0.05) is 0 Å². The SMILES string of the molecule is CCO[Si](C)(CCC(F)(F)F)C(C)O. The molecule has 0 aromatic heterocycles. The van der Waals surface area contributed by atoms with Crippen molar-refractivity contribution in [3.05, 3.63) is 0 Å². The van der Waals surface area contributed by atoms with Crippen molar-refractivity contribution in [1.29, 1.82) is 0 Å². The van der Waals surface area contributed by atoms with Crippen LogP contribution >= 0.6 is 0 Å². The van der Waals surface area contributed by atoms with E-state index in [0.717, 1.165) is 0 Å². The molecule has 0 radical (unpaired) electrons. The molecule has 0 heterocycles. The molecule has 0 bridgehead atoms. The second-order valence-corrected chi connectivity index (χ2v) is 7.79. The third kappa shape index (κ3) is 4.97. The highest BCUT2D eigenvalue weighted by Gasteiger charge is 2.39. The van der Waals surface area contributed by atoms with Gasteiger partial charge >= 0.3 is 6.18 Å². The number of halogens is 3. The van der Waals surface area contributed by atoms with Crippen LogP contribution in [0.2, 0.25) is 12.6 Å². The maximum atomic E-state index is 12.0. The molecule has 0 aliphatic carbocycles. The predicted molar refractivity (Wildman–Crippen MR) is 50.4 cm³/mol. The number of hydrogen-bond donors (Lipinski definition) is 1. The lowest BCUT2D eigenvalue weighted by Crippen LogP contribution is -2.46. The van der Waals surface area contributed by atoms with E-state index in [1.165, 1.54) is 6.92 Å². The number of rotatable bonds is 5. The number of alkyl halides is 3. The monoisotopic (exact) mass is 230 g/mol. The molecular formula is C8H17F3O2Si. The maximum absolute atomic E-state index is 12.0. The Labute approximate surface area is 83.2 Å². The Morgan fingerprint density at radius 2 is 1.93 bits per heavy atom. The third-order valence-electron chi connectivity index (χ3n) is 2.26. The molecule has 0 aromatic rings. The highest BCUT2D eigenvalue weighted by Crippen LogP contribution is 2.28. The summed E-state index contributed by atoms with van der Waals surface area (Å²) in [7, 11) is -2.60. The molecule has 0 aliphatic heterocycles. The van der Waals surface area contributed by atoms with Gasteiger partial charge in [-0.3, -0.25) is 0 Å². The van der Waals surface area contributed by atoms with Gasteiger partial charge in [-0.05, 0) is 26.4 Å². The summed E-state index contributed by atoms with van der Waals surface area (Å²) < 4.78 is 41.2. The highest BCUT2D eigenvalue weighted by atomic mass is 28.4. The minimum absolute atomic E-state index is 0.0813. The van der Waals surface area contributed by atoms with E-state index < -0.39 is 26.6 Å². The molecule has 0 fully saturated rings. The van der Waals surface area contributed by atoms with E-state index in [1.54, 1.807) is 13.5 Å². The molecular weight excluding hydrogens is 213 g/mol. The topological polar surface area (TPSA) is 29.5 Å². The lowest BCUT2D eigenvalue weighted by atomic mass is 10.5. The van der Waals surface area contributed by atoms with E-state index in [4.69, 9.17) is 4.43 Å². The van der Waals surface area contributed by atoms with Gasteiger partial charge in [0.05, 0.1) is 5.73 Å². The molecule has 0 aliphatic rings. The fourth-order valence-corrected chi connectivity index (χ4v) is 3.36. The number of hydrogen-bond acceptors (Lipinski definition) is 2. The molecule has 2 atom stereocenters. The molecule has 0 amide bonds. The van der Waals surface area contributed by atoms with Gasteiger partial charge in [0.1, 0.15) is 0 Å². The van der Waals surface area contributed by atoms with Crippen molar-refractivity contribution in [3.63, 3.8) is 0 Å². The van der Waals surface area contributed by atoms with Crippen LogP contribution in [0, 0.1) is 0 Å². The van der Waals surface area contributed by atoms with Gasteiger partial charge in [0.2, 0.25) is 8.32 Å². The van der Waals surface area contributed by atoms with E-state index in [1.807, 2.05) is 0 Å². The van der Waals surface area contributed by atoms with Crippen molar-refractivity contribution < 1.29 is 22.7 Å². The maximum Gasteiger partial charge on any atom is 0.388 e. The van der Waals surface area contributed by atoms with Gasteiger partial charge in [-0.25, -0.2) is 0 Å². The molecule has 0 rings (SSSR count). The van der Waals surface area contributed by atoms with Crippen LogP contribution in [0.5, 0.6) is 0 Å². The molecule has 2 nitrogen and oxygen atoms in total. The zero-order valence-corrected chi connectivity index (χ0v) is 9.69. The Bertz CT molecular complexity index is 172. The molecule has 14 heavy (non-hydrogen) atoms. The lowest BCUT2D eigenvalue weighted by Gasteiger charge is -2.30. The molecule has 6 heteroatoms. The Morgan fingerprint density at radius 3 is 2.21 bits per heavy atom. The van der Waals surface area contributed by atoms with Crippen LogP contribution in [0.15, 0.2) is 0 Å². The standard InChI is InChI=1S/C8H17F3O2Si/c1-4-13-14(3,7(2)12)6-5-8(9,10)11/h7,12H,4-6H2,1-3H3. The van der Waals surface area contributed by atoms with Gasteiger partial charge in [0.15, 0.2) is 0 Å². The first-order valence-corrected chi connectivity index (χ1v) is 7.29. The van der Waals surface area contributed by atoms with Crippen molar-refractivity contribution in [2.45, 2.75) is 44.8 Å². The summed E-state index contributed by atoms with van der Waals surface area (Å²) in [5.74, 6) is 0. The van der Waals surface area contributed by atoms with Gasteiger partial charge in [0.25, 0.3) is 0 Å². The van der Waals surface area contributed by atoms with Gasteiger partial charge in [-0.15, -0.1) is 0 Å². The van der Waals surface area contributed by atoms with Crippen molar-refractivity contribution in [2.75, 3.05) is 6.61 Å². The van der Waals surface area contributed by atoms with Crippen molar-refractivity contribution in [3.8, 4) is 0 Å². The van der Waals surface area contributed by atoms with E-state index in [2.05, 4.69) is 0 Å². The van der Waals surface area contributed by atoms with E-state index in [-0.39, 0.29) is 6.04 Å². The first-order chi connectivity index (χ1) is 6.21. The van der Waals surface area contributed by atoms with Crippen molar-refractivity contribution >= 4 is 8.32 Å². The van der Waals surface area contributed by atoms with Crippen LogP contribution in [0.4, 0.5) is 13.2 Å². The van der Waals surface area contributed by atoms with Crippen LogP contribution < -0.4 is 0 Å². The summed E-state index contributed by atoms with van der Waals surface area (Å²) in [5, 5.41) is 9.37. The second kappa shape index (κ2) is 5.13. The predicted octanol–water partition coefficient (Wildman–Crippen LogP) is 2.47. The summed E-state index contributed by atoms with van der Waals surface area (Å²) in [6, 6.07) is -0.0813. The average molecular weight is 230 g/mol. The normalized spacial score (nSPS) is 19.1. The molecule has 86 valence electrons. The van der Waals surface area contributed by atoms with Crippen LogP contribution in [0.3, 0.4) is 0 Å². The summed E-state index contributed by atoms with van der Waals surface area (Å²) in [6.45, 7) is 5.21. The largest absolute Gasteiger partial charge is 0.415 e. The minimum atomic E-state index is -4.17. The minimum Gasteiger partial charge on any atom is -0.415 e. The zero-order chi connectivity index (χ0) is 11.4. The fraction of sp³-hybridized carbons (Fsp3) is 1.00. The smallest absolute Gasteiger partial charge is 0.388 e. The average Bonchev–Trinajstić information content (AvgIpc) is 2.00. The van der Waals surface area contributed by atoms with Gasteiger partial charge in [-0.2, -0.15) is 13.2 Å². The van der Waals surface area contributed by atoms with Crippen LogP contribution in [-0.2, 0) is 4.43 Å². The van der Waals surface area contributed by atoms with Crippen LogP contribution in [0.25, 0.3) is 0 Å². The number of aliphatic hydroxyl groups excluding tert-OH is 1. The van der Waals surface area contributed by atoms with E-state index in [0.29, 0.717) is 6.61 Å². The van der Waals surface area contributed by atoms with Gasteiger partial charge < -0.3 is 9.53 Å². The molecule has 1 N–H and O–H groups in total. The zero-order valence-electron chi connectivity index (χ0n) is 8.69. The van der Waals surface area contributed by atoms with E-state index in [9.17, 15) is 18.3 Å². The van der Waals surface area contributed by atoms with Crippen molar-refractivity contribution in [1.82, 2.24) is 0 Å². The Balaban J connectivity index is 4.24. The lowest BCUT2D eigenvalue weighted by molar-refractivity contribution is -0.131. The quantitative estimate of drug-likeness (QED) is 0.735. The number of aliphatic hydroxyl groups is 1. The van der Waals surface area contributed by atoms with Gasteiger partial charge in [0, 0.05) is 13.0 Å². The summed E-state index contributed by atoms with van der Waals surface area (Å²) in [4.78, 5) is 0. The molecule has 0 spiro atoms. The Morgan fingerprint density at radius 1 is 1.43 bits per heavy atom.